The van der Waals surface area contributed by atoms with Crippen molar-refractivity contribution in [2.45, 2.75) is 56.9 Å². The van der Waals surface area contributed by atoms with Gasteiger partial charge in [0, 0.05) is 35.5 Å². The Morgan fingerprint density at radius 1 is 1.48 bits per heavy atom. The molecule has 0 amide bonds. The Morgan fingerprint density at radius 2 is 2.21 bits per heavy atom. The topological polar surface area (TPSA) is 91.0 Å². The molecule has 3 atom stereocenters. The number of nitro benzene ring substituents is 1. The van der Waals surface area contributed by atoms with Crippen LogP contribution in [-0.2, 0) is 19.8 Å². The Hall–Kier alpha value is -2.00. The van der Waals surface area contributed by atoms with Gasteiger partial charge in [0.25, 0.3) is 5.69 Å². The quantitative estimate of drug-likeness (QED) is 0.408. The number of carbonyl (C=O) groups excluding carboxylic acids is 1. The van der Waals surface area contributed by atoms with Crippen LogP contribution in [-0.4, -0.2) is 40.0 Å². The predicted molar refractivity (Wildman–Crippen MR) is 109 cm³/mol. The molecule has 1 aromatic rings. The van der Waals surface area contributed by atoms with E-state index in [0.717, 1.165) is 12.1 Å². The van der Waals surface area contributed by atoms with Crippen molar-refractivity contribution < 1.29 is 23.6 Å². The molecular weight excluding hydrogens is 399 g/mol. The molecule has 0 aromatic heterocycles. The second kappa shape index (κ2) is 8.02. The second-order valence-corrected chi connectivity index (χ2v) is 9.84. The van der Waals surface area contributed by atoms with Crippen LogP contribution in [0.1, 0.15) is 46.1 Å². The normalized spacial score (nSPS) is 27.0. The first-order valence-electron chi connectivity index (χ1n) is 9.51. The molecule has 0 bridgehead atoms. The number of hydrogen-bond acceptors (Lipinski definition) is 7. The lowest BCUT2D eigenvalue weighted by atomic mass is 9.74. The first kappa shape index (κ1) is 21.7. The lowest BCUT2D eigenvalue weighted by molar-refractivity contribution is -0.385. The molecule has 0 aliphatic carbocycles. The number of rotatable bonds is 4. The van der Waals surface area contributed by atoms with Gasteiger partial charge in [0.1, 0.15) is 17.0 Å². The molecule has 1 aromatic carbocycles. The van der Waals surface area contributed by atoms with Gasteiger partial charge in [0.05, 0.1) is 23.0 Å². The Labute approximate surface area is 173 Å². The molecule has 0 N–H and O–H groups in total. The molecule has 0 spiro atoms. The van der Waals surface area contributed by atoms with Gasteiger partial charge in [-0.15, -0.1) is 11.8 Å². The first-order valence-corrected chi connectivity index (χ1v) is 10.4. The number of hydrogen-bond donors (Lipinski definition) is 0. The minimum Gasteiger partial charge on any atom is -0.460 e. The van der Waals surface area contributed by atoms with Gasteiger partial charge in [-0.3, -0.25) is 19.9 Å². The van der Waals surface area contributed by atoms with Gasteiger partial charge in [-0.25, -0.2) is 4.39 Å². The smallest absolute Gasteiger partial charge is 0.312 e. The second-order valence-electron chi connectivity index (χ2n) is 8.38. The Bertz CT molecular complexity index is 854. The van der Waals surface area contributed by atoms with Crippen LogP contribution in [0.25, 0.3) is 0 Å². The summed E-state index contributed by atoms with van der Waals surface area (Å²) in [4.78, 5) is 27.8. The van der Waals surface area contributed by atoms with Crippen LogP contribution in [0.5, 0.6) is 0 Å². The van der Waals surface area contributed by atoms with Crippen LogP contribution in [0.3, 0.4) is 0 Å². The summed E-state index contributed by atoms with van der Waals surface area (Å²) in [5, 5.41) is 11.8. The standard InChI is InChI=1S/C20H25FN2O5S/c1-12-14-7-8-27-11-20(14,15-9-13(23(25)26)5-6-16(15)21)22-17(29-12)10-18(24)28-19(2,3)4/h5-6,9,12,14H,7-8,10-11H2,1-4H3/t12-,14+,20+/m1/s1. The summed E-state index contributed by atoms with van der Waals surface area (Å²) in [6.07, 6.45) is 0.622. The van der Waals surface area contributed by atoms with Crippen molar-refractivity contribution in [3.05, 3.63) is 39.7 Å². The predicted octanol–water partition coefficient (Wildman–Crippen LogP) is 4.23. The van der Waals surface area contributed by atoms with E-state index in [0.29, 0.717) is 18.1 Å². The fraction of sp³-hybridized carbons (Fsp3) is 0.600. The third-order valence-electron chi connectivity index (χ3n) is 5.06. The van der Waals surface area contributed by atoms with Gasteiger partial charge in [-0.1, -0.05) is 6.92 Å². The Kier molecular flexibility index (Phi) is 6.01. The number of aliphatic imine (C=N–C) groups is 1. The van der Waals surface area contributed by atoms with Crippen molar-refractivity contribution >= 4 is 28.5 Å². The molecule has 0 unspecified atom stereocenters. The summed E-state index contributed by atoms with van der Waals surface area (Å²) < 4.78 is 25.9. The summed E-state index contributed by atoms with van der Waals surface area (Å²) in [6, 6.07) is 3.48. The van der Waals surface area contributed by atoms with E-state index in [-0.39, 0.29) is 35.4 Å². The highest BCUT2D eigenvalue weighted by atomic mass is 32.2. The highest BCUT2D eigenvalue weighted by Crippen LogP contribution is 2.50. The maximum atomic E-state index is 14.9. The number of nitrogens with zero attached hydrogens (tertiary/aromatic N) is 2. The Balaban J connectivity index is 2.05. The fourth-order valence-electron chi connectivity index (χ4n) is 3.95. The van der Waals surface area contributed by atoms with Crippen LogP contribution in [0.4, 0.5) is 10.1 Å². The molecular formula is C20H25FN2O5S. The van der Waals surface area contributed by atoms with E-state index >= 15 is 0 Å². The minimum atomic E-state index is -1.10. The highest BCUT2D eigenvalue weighted by molar-refractivity contribution is 8.14. The molecule has 7 nitrogen and oxygen atoms in total. The van der Waals surface area contributed by atoms with Gasteiger partial charge in [0.15, 0.2) is 0 Å². The number of thioether (sulfide) groups is 1. The van der Waals surface area contributed by atoms with E-state index in [9.17, 15) is 19.3 Å². The molecule has 1 fully saturated rings. The minimum absolute atomic E-state index is 0.0305. The van der Waals surface area contributed by atoms with Gasteiger partial charge in [-0.2, -0.15) is 0 Å². The number of fused-ring (bicyclic) bond motifs is 1. The van der Waals surface area contributed by atoms with Crippen molar-refractivity contribution in [2.75, 3.05) is 13.2 Å². The van der Waals surface area contributed by atoms with Crippen molar-refractivity contribution in [2.24, 2.45) is 10.9 Å². The fourth-order valence-corrected chi connectivity index (χ4v) is 5.32. The maximum absolute atomic E-state index is 14.9. The third-order valence-corrected chi connectivity index (χ3v) is 6.27. The average Bonchev–Trinajstić information content (AvgIpc) is 2.60. The average molecular weight is 424 g/mol. The number of benzene rings is 1. The lowest BCUT2D eigenvalue weighted by Crippen LogP contribution is -2.50. The zero-order valence-corrected chi connectivity index (χ0v) is 17.8. The molecule has 29 heavy (non-hydrogen) atoms. The van der Waals surface area contributed by atoms with E-state index in [1.165, 1.54) is 17.8 Å². The molecule has 2 aliphatic heterocycles. The number of esters is 1. The van der Waals surface area contributed by atoms with E-state index < -0.39 is 27.8 Å². The summed E-state index contributed by atoms with van der Waals surface area (Å²) in [5.74, 6) is -1.05. The SMILES string of the molecule is C[C@H]1SC(CC(=O)OC(C)(C)C)=N[C@@]2(c3cc([N+](=O)[O-])ccc3F)COCC[C@@H]12. The van der Waals surface area contributed by atoms with Gasteiger partial charge >= 0.3 is 5.97 Å². The molecule has 2 aliphatic rings. The summed E-state index contributed by atoms with van der Waals surface area (Å²) >= 11 is 1.47. The number of halogens is 1. The van der Waals surface area contributed by atoms with Gasteiger partial charge < -0.3 is 9.47 Å². The molecule has 3 rings (SSSR count). The zero-order chi connectivity index (χ0) is 21.4. The molecule has 0 saturated carbocycles. The molecule has 2 heterocycles. The zero-order valence-electron chi connectivity index (χ0n) is 16.9. The maximum Gasteiger partial charge on any atom is 0.312 e. The van der Waals surface area contributed by atoms with E-state index in [4.69, 9.17) is 14.5 Å². The molecule has 158 valence electrons. The van der Waals surface area contributed by atoms with Gasteiger partial charge in [0.2, 0.25) is 0 Å². The summed E-state index contributed by atoms with van der Waals surface area (Å²) in [6.45, 7) is 7.99. The van der Waals surface area contributed by atoms with E-state index in [1.54, 1.807) is 20.8 Å². The van der Waals surface area contributed by atoms with Crippen molar-refractivity contribution in [3.63, 3.8) is 0 Å². The summed E-state index contributed by atoms with van der Waals surface area (Å²) in [7, 11) is 0. The first-order chi connectivity index (χ1) is 13.5. The lowest BCUT2D eigenvalue weighted by Gasteiger charge is -2.47. The molecule has 1 saturated heterocycles. The van der Waals surface area contributed by atoms with Crippen molar-refractivity contribution in [3.8, 4) is 0 Å². The van der Waals surface area contributed by atoms with Crippen LogP contribution in [0.2, 0.25) is 0 Å². The number of ether oxygens (including phenoxy) is 2. The van der Waals surface area contributed by atoms with E-state index in [2.05, 4.69) is 0 Å². The number of non-ortho nitro benzene ring substituents is 1. The monoisotopic (exact) mass is 424 g/mol. The van der Waals surface area contributed by atoms with Crippen LogP contribution >= 0.6 is 11.8 Å². The molecule has 0 radical (unpaired) electrons. The number of nitro groups is 1. The third kappa shape index (κ3) is 4.61. The highest BCUT2D eigenvalue weighted by Gasteiger charge is 2.50. The van der Waals surface area contributed by atoms with E-state index in [1.807, 2.05) is 6.92 Å². The van der Waals surface area contributed by atoms with Crippen LogP contribution in [0, 0.1) is 21.8 Å². The van der Waals surface area contributed by atoms with Crippen molar-refractivity contribution in [1.29, 1.82) is 0 Å². The van der Waals surface area contributed by atoms with Crippen LogP contribution < -0.4 is 0 Å². The Morgan fingerprint density at radius 3 is 2.86 bits per heavy atom. The van der Waals surface area contributed by atoms with Gasteiger partial charge in [-0.05, 0) is 33.3 Å². The van der Waals surface area contributed by atoms with Crippen molar-refractivity contribution in [1.82, 2.24) is 0 Å². The van der Waals surface area contributed by atoms with Crippen LogP contribution in [0.15, 0.2) is 23.2 Å². The molecule has 9 heteroatoms. The largest absolute Gasteiger partial charge is 0.460 e. The number of carbonyl (C=O) groups is 1. The summed E-state index contributed by atoms with van der Waals surface area (Å²) in [5.41, 5.74) is -1.78.